The van der Waals surface area contributed by atoms with Crippen LogP contribution in [-0.4, -0.2) is 52.8 Å². The van der Waals surface area contributed by atoms with Crippen LogP contribution >= 0.6 is 11.6 Å². The summed E-state index contributed by atoms with van der Waals surface area (Å²) >= 11 is 6.10. The van der Waals surface area contributed by atoms with Crippen LogP contribution in [0, 0.1) is 0 Å². The first-order valence-electron chi connectivity index (χ1n) is 9.21. The summed E-state index contributed by atoms with van der Waals surface area (Å²) in [5.74, 6) is 1.75. The molecule has 3 heterocycles. The molecule has 0 aliphatic carbocycles. The summed E-state index contributed by atoms with van der Waals surface area (Å²) in [6.45, 7) is 3.79. The zero-order valence-corrected chi connectivity index (χ0v) is 15.8. The zero-order valence-electron chi connectivity index (χ0n) is 15.1. The van der Waals surface area contributed by atoms with Gasteiger partial charge in [-0.1, -0.05) is 11.6 Å². The Morgan fingerprint density at radius 1 is 0.963 bits per heavy atom. The molecule has 3 aromatic rings. The molecule has 7 heteroatoms. The molecule has 1 aromatic carbocycles. The van der Waals surface area contributed by atoms with Gasteiger partial charge >= 0.3 is 0 Å². The van der Waals surface area contributed by atoms with Crippen LogP contribution in [0.1, 0.15) is 12.2 Å². The monoisotopic (exact) mass is 383 g/mol. The number of halogens is 1. The molecular weight excluding hydrogens is 362 g/mol. The smallest absolute Gasteiger partial charge is 0.132 e. The molecular formula is C20H22ClN5O. The summed E-state index contributed by atoms with van der Waals surface area (Å²) in [7, 11) is 0. The number of aryl methyl sites for hydroxylation is 1. The Kier molecular flexibility index (Phi) is 5.36. The van der Waals surface area contributed by atoms with Crippen LogP contribution in [0.15, 0.2) is 42.7 Å². The maximum Gasteiger partial charge on any atom is 0.132 e. The minimum atomic E-state index is 0.164. The normalized spacial score (nSPS) is 14.7. The van der Waals surface area contributed by atoms with E-state index in [-0.39, 0.29) is 6.61 Å². The standard InChI is InChI=1S/C20H22ClN5O/c21-15-3-4-16-17(14-15)22-7-5-18(16)25-9-11-26(12-10-25)20-6-8-23-19(24-20)2-1-13-27/h3-8,14,27H,1-2,9-13H2. The van der Waals surface area contributed by atoms with Crippen molar-refractivity contribution in [2.24, 2.45) is 0 Å². The Bertz CT molecular complexity index is 927. The van der Waals surface area contributed by atoms with Crippen molar-refractivity contribution in [1.82, 2.24) is 15.0 Å². The van der Waals surface area contributed by atoms with Crippen LogP contribution in [0.3, 0.4) is 0 Å². The Balaban J connectivity index is 1.48. The zero-order chi connectivity index (χ0) is 18.6. The van der Waals surface area contributed by atoms with E-state index in [1.807, 2.05) is 36.7 Å². The van der Waals surface area contributed by atoms with Crippen molar-refractivity contribution in [3.8, 4) is 0 Å². The average Bonchev–Trinajstić information content (AvgIpc) is 2.72. The number of aromatic nitrogens is 3. The molecule has 0 atom stereocenters. The largest absolute Gasteiger partial charge is 0.396 e. The van der Waals surface area contributed by atoms with Crippen molar-refractivity contribution in [3.05, 3.63) is 53.6 Å². The molecule has 1 aliphatic heterocycles. The molecule has 1 fully saturated rings. The molecule has 140 valence electrons. The molecule has 0 radical (unpaired) electrons. The molecule has 1 saturated heterocycles. The van der Waals surface area contributed by atoms with Gasteiger partial charge in [-0.05, 0) is 36.8 Å². The molecule has 4 rings (SSSR count). The lowest BCUT2D eigenvalue weighted by atomic mass is 10.1. The molecule has 6 nitrogen and oxygen atoms in total. The minimum Gasteiger partial charge on any atom is -0.396 e. The number of anilines is 2. The third-order valence-electron chi connectivity index (χ3n) is 4.88. The van der Waals surface area contributed by atoms with Crippen molar-refractivity contribution >= 4 is 34.0 Å². The highest BCUT2D eigenvalue weighted by Crippen LogP contribution is 2.28. The van der Waals surface area contributed by atoms with Crippen LogP contribution in [0.25, 0.3) is 10.9 Å². The molecule has 0 amide bonds. The predicted octanol–water partition coefficient (Wildman–Crippen LogP) is 2.93. The van der Waals surface area contributed by atoms with E-state index in [1.165, 1.54) is 5.69 Å². The molecule has 0 saturated carbocycles. The van der Waals surface area contributed by atoms with Crippen molar-refractivity contribution in [3.63, 3.8) is 0 Å². The topological polar surface area (TPSA) is 65.4 Å². The number of fused-ring (bicyclic) bond motifs is 1. The fraction of sp³-hybridized carbons (Fsp3) is 0.350. The fourth-order valence-corrected chi connectivity index (χ4v) is 3.65. The van der Waals surface area contributed by atoms with Gasteiger partial charge in [0.2, 0.25) is 0 Å². The van der Waals surface area contributed by atoms with Crippen LogP contribution in [0.2, 0.25) is 5.02 Å². The van der Waals surface area contributed by atoms with Gasteiger partial charge in [-0.2, -0.15) is 0 Å². The Morgan fingerprint density at radius 2 is 1.74 bits per heavy atom. The Hall–Kier alpha value is -2.44. The number of nitrogens with zero attached hydrogens (tertiary/aromatic N) is 5. The second-order valence-electron chi connectivity index (χ2n) is 6.62. The van der Waals surface area contributed by atoms with Crippen molar-refractivity contribution in [1.29, 1.82) is 0 Å². The van der Waals surface area contributed by atoms with Crippen LogP contribution < -0.4 is 9.80 Å². The van der Waals surface area contributed by atoms with Gasteiger partial charge in [-0.3, -0.25) is 4.98 Å². The number of hydrogen-bond acceptors (Lipinski definition) is 6. The number of piperazine rings is 1. The second kappa shape index (κ2) is 8.06. The van der Waals surface area contributed by atoms with Crippen molar-refractivity contribution < 1.29 is 5.11 Å². The number of aliphatic hydroxyl groups excluding tert-OH is 1. The SMILES string of the molecule is OCCCc1nccc(N2CCN(c3ccnc4cc(Cl)ccc34)CC2)n1. The quantitative estimate of drug-likeness (QED) is 0.730. The van der Waals surface area contributed by atoms with E-state index in [0.29, 0.717) is 17.9 Å². The Morgan fingerprint density at radius 3 is 2.56 bits per heavy atom. The lowest BCUT2D eigenvalue weighted by molar-refractivity contribution is 0.287. The lowest BCUT2D eigenvalue weighted by Gasteiger charge is -2.37. The van der Waals surface area contributed by atoms with Gasteiger partial charge in [0.25, 0.3) is 0 Å². The van der Waals surface area contributed by atoms with E-state index in [4.69, 9.17) is 16.7 Å². The van der Waals surface area contributed by atoms with E-state index in [0.717, 1.165) is 48.7 Å². The Labute approximate surface area is 163 Å². The van der Waals surface area contributed by atoms with Gasteiger partial charge in [-0.25, -0.2) is 9.97 Å². The van der Waals surface area contributed by atoms with Gasteiger partial charge < -0.3 is 14.9 Å². The fourth-order valence-electron chi connectivity index (χ4n) is 3.48. The van der Waals surface area contributed by atoms with Crippen LogP contribution in [-0.2, 0) is 6.42 Å². The summed E-state index contributed by atoms with van der Waals surface area (Å²) in [4.78, 5) is 18.1. The van der Waals surface area contributed by atoms with Crippen LogP contribution in [0.5, 0.6) is 0 Å². The van der Waals surface area contributed by atoms with Crippen molar-refractivity contribution in [2.75, 3.05) is 42.6 Å². The van der Waals surface area contributed by atoms with Gasteiger partial charge in [0.1, 0.15) is 11.6 Å². The van der Waals surface area contributed by atoms with Gasteiger partial charge in [0.05, 0.1) is 5.52 Å². The van der Waals surface area contributed by atoms with Crippen LogP contribution in [0.4, 0.5) is 11.5 Å². The van der Waals surface area contributed by atoms with E-state index < -0.39 is 0 Å². The summed E-state index contributed by atoms with van der Waals surface area (Å²) in [6, 6.07) is 9.90. The minimum absolute atomic E-state index is 0.164. The van der Waals surface area contributed by atoms with E-state index in [9.17, 15) is 0 Å². The highest BCUT2D eigenvalue weighted by molar-refractivity contribution is 6.31. The third kappa shape index (κ3) is 3.96. The summed E-state index contributed by atoms with van der Waals surface area (Å²) < 4.78 is 0. The van der Waals surface area contributed by atoms with Gasteiger partial charge in [0.15, 0.2) is 0 Å². The molecule has 2 aromatic heterocycles. The summed E-state index contributed by atoms with van der Waals surface area (Å²) in [6.07, 6.45) is 5.05. The summed E-state index contributed by atoms with van der Waals surface area (Å²) in [5.41, 5.74) is 2.12. The maximum absolute atomic E-state index is 8.99. The third-order valence-corrected chi connectivity index (χ3v) is 5.11. The van der Waals surface area contributed by atoms with Gasteiger partial charge in [0, 0.05) is 67.7 Å². The first kappa shape index (κ1) is 17.9. The number of benzene rings is 1. The molecule has 0 bridgehead atoms. The van der Waals surface area contributed by atoms with Gasteiger partial charge in [-0.15, -0.1) is 0 Å². The molecule has 27 heavy (non-hydrogen) atoms. The number of aliphatic hydroxyl groups is 1. The number of hydrogen-bond donors (Lipinski definition) is 1. The summed E-state index contributed by atoms with van der Waals surface area (Å²) in [5, 5.41) is 10.8. The second-order valence-corrected chi connectivity index (χ2v) is 7.06. The highest BCUT2D eigenvalue weighted by Gasteiger charge is 2.20. The molecule has 0 unspecified atom stereocenters. The van der Waals surface area contributed by atoms with E-state index in [2.05, 4.69) is 30.8 Å². The lowest BCUT2D eigenvalue weighted by Crippen LogP contribution is -2.47. The maximum atomic E-state index is 8.99. The van der Waals surface area contributed by atoms with E-state index >= 15 is 0 Å². The van der Waals surface area contributed by atoms with E-state index in [1.54, 1.807) is 0 Å². The number of rotatable bonds is 5. The molecule has 1 aliphatic rings. The van der Waals surface area contributed by atoms with Crippen molar-refractivity contribution in [2.45, 2.75) is 12.8 Å². The predicted molar refractivity (Wildman–Crippen MR) is 109 cm³/mol. The molecule has 1 N–H and O–H groups in total. The highest BCUT2D eigenvalue weighted by atomic mass is 35.5. The average molecular weight is 384 g/mol. The first-order chi connectivity index (χ1) is 13.2. The first-order valence-corrected chi connectivity index (χ1v) is 9.59. The number of pyridine rings is 1. The molecule has 0 spiro atoms.